The number of benzene rings is 1. The van der Waals surface area contributed by atoms with Crippen LogP contribution in [-0.4, -0.2) is 44.7 Å². The van der Waals surface area contributed by atoms with Crippen molar-refractivity contribution in [2.24, 2.45) is 5.92 Å². The standard InChI is InChI=1S/C26H28N4O3S2/c1-16(2)15-27-22-20(24(31)29-12-5-6-17(3)23(29)28-22)14-21-25(32)30(26(34)35-21)13-11-18-7-9-19(33-4)10-8-18/h5-10,12,14,16,27H,11,13,15H2,1-4H3/b21-14-. The quantitative estimate of drug-likeness (QED) is 0.354. The van der Waals surface area contributed by atoms with Crippen LogP contribution in [0.25, 0.3) is 11.7 Å². The minimum absolute atomic E-state index is 0.197. The lowest BCUT2D eigenvalue weighted by Crippen LogP contribution is -2.30. The van der Waals surface area contributed by atoms with Crippen LogP contribution < -0.4 is 15.6 Å². The third-order valence-electron chi connectivity index (χ3n) is 5.69. The van der Waals surface area contributed by atoms with Crippen LogP contribution in [0.15, 0.2) is 52.3 Å². The highest BCUT2D eigenvalue weighted by atomic mass is 32.2. The van der Waals surface area contributed by atoms with E-state index in [1.165, 1.54) is 16.2 Å². The van der Waals surface area contributed by atoms with Gasteiger partial charge in [-0.3, -0.25) is 18.9 Å². The molecular formula is C26H28N4O3S2. The van der Waals surface area contributed by atoms with Crippen molar-refractivity contribution in [3.8, 4) is 5.75 Å². The lowest BCUT2D eigenvalue weighted by Gasteiger charge is -2.15. The summed E-state index contributed by atoms with van der Waals surface area (Å²) in [5.74, 6) is 1.42. The van der Waals surface area contributed by atoms with E-state index in [-0.39, 0.29) is 11.5 Å². The molecule has 1 amide bonds. The second-order valence-corrected chi connectivity index (χ2v) is 10.4. The van der Waals surface area contributed by atoms with Gasteiger partial charge in [-0.15, -0.1) is 0 Å². The molecule has 4 rings (SSSR count). The Morgan fingerprint density at radius 1 is 1.20 bits per heavy atom. The summed E-state index contributed by atoms with van der Waals surface area (Å²) in [5.41, 5.74) is 2.69. The second kappa shape index (κ2) is 10.6. The molecule has 35 heavy (non-hydrogen) atoms. The number of hydrogen-bond donors (Lipinski definition) is 1. The minimum atomic E-state index is -0.228. The summed E-state index contributed by atoms with van der Waals surface area (Å²) in [6.45, 7) is 7.19. The number of amides is 1. The molecule has 1 N–H and O–H groups in total. The van der Waals surface area contributed by atoms with Gasteiger partial charge in [0.1, 0.15) is 21.5 Å². The zero-order valence-electron chi connectivity index (χ0n) is 20.2. The Morgan fingerprint density at radius 2 is 1.94 bits per heavy atom. The Morgan fingerprint density at radius 3 is 2.63 bits per heavy atom. The van der Waals surface area contributed by atoms with E-state index in [9.17, 15) is 9.59 Å². The molecule has 9 heteroatoms. The molecule has 1 aromatic carbocycles. The smallest absolute Gasteiger partial charge is 0.267 e. The van der Waals surface area contributed by atoms with E-state index in [1.807, 2.05) is 43.3 Å². The third-order valence-corrected chi connectivity index (χ3v) is 7.07. The predicted molar refractivity (Wildman–Crippen MR) is 146 cm³/mol. The third kappa shape index (κ3) is 5.41. The molecule has 7 nitrogen and oxygen atoms in total. The highest BCUT2D eigenvalue weighted by Crippen LogP contribution is 2.33. The number of methoxy groups -OCH3 is 1. The molecule has 2 aromatic heterocycles. The molecule has 1 aliphatic heterocycles. The number of nitrogens with one attached hydrogen (secondary N) is 1. The number of aromatic nitrogens is 2. The Labute approximate surface area is 214 Å². The van der Waals surface area contributed by atoms with Gasteiger partial charge in [0.05, 0.1) is 17.6 Å². The van der Waals surface area contributed by atoms with Crippen molar-refractivity contribution in [2.45, 2.75) is 27.2 Å². The van der Waals surface area contributed by atoms with Crippen molar-refractivity contribution in [2.75, 3.05) is 25.5 Å². The lowest BCUT2D eigenvalue weighted by molar-refractivity contribution is -0.122. The molecular weight excluding hydrogens is 480 g/mol. The molecule has 0 bridgehead atoms. The van der Waals surface area contributed by atoms with E-state index in [2.05, 4.69) is 19.2 Å². The fraction of sp³-hybridized carbons (Fsp3) is 0.308. The lowest BCUT2D eigenvalue weighted by atomic mass is 10.1. The number of carbonyl (C=O) groups excluding carboxylic acids is 1. The van der Waals surface area contributed by atoms with Crippen LogP contribution in [0.1, 0.15) is 30.5 Å². The number of rotatable bonds is 8. The van der Waals surface area contributed by atoms with Gasteiger partial charge in [-0.1, -0.05) is 56.0 Å². The number of hydrogen-bond acceptors (Lipinski definition) is 7. The SMILES string of the molecule is COc1ccc(CCN2C(=O)/C(=C/c3c(NCC(C)C)nc4c(C)cccn4c3=O)SC2=S)cc1. The first-order valence-electron chi connectivity index (χ1n) is 11.4. The van der Waals surface area contributed by atoms with E-state index in [1.54, 1.807) is 24.3 Å². The van der Waals surface area contributed by atoms with Crippen molar-refractivity contribution < 1.29 is 9.53 Å². The fourth-order valence-electron chi connectivity index (χ4n) is 3.73. The monoisotopic (exact) mass is 508 g/mol. The average Bonchev–Trinajstić information content (AvgIpc) is 3.11. The summed E-state index contributed by atoms with van der Waals surface area (Å²) >= 11 is 6.72. The minimum Gasteiger partial charge on any atom is -0.497 e. The van der Waals surface area contributed by atoms with E-state index < -0.39 is 0 Å². The Bertz CT molecular complexity index is 1360. The molecule has 0 aliphatic carbocycles. The van der Waals surface area contributed by atoms with Gasteiger partial charge in [-0.05, 0) is 54.7 Å². The number of aryl methyl sites for hydroxylation is 1. The van der Waals surface area contributed by atoms with Crippen LogP contribution in [-0.2, 0) is 11.2 Å². The topological polar surface area (TPSA) is 75.9 Å². The first-order valence-corrected chi connectivity index (χ1v) is 12.6. The molecule has 3 aromatic rings. The van der Waals surface area contributed by atoms with Crippen molar-refractivity contribution in [1.29, 1.82) is 0 Å². The van der Waals surface area contributed by atoms with Gasteiger partial charge >= 0.3 is 0 Å². The average molecular weight is 509 g/mol. The summed E-state index contributed by atoms with van der Waals surface area (Å²) in [7, 11) is 1.63. The van der Waals surface area contributed by atoms with Crippen molar-refractivity contribution in [3.05, 3.63) is 74.5 Å². The summed E-state index contributed by atoms with van der Waals surface area (Å²) < 4.78 is 7.20. The zero-order valence-corrected chi connectivity index (χ0v) is 21.8. The van der Waals surface area contributed by atoms with Crippen LogP contribution >= 0.6 is 24.0 Å². The highest BCUT2D eigenvalue weighted by molar-refractivity contribution is 8.26. The number of thiocarbonyl (C=S) groups is 1. The summed E-state index contributed by atoms with van der Waals surface area (Å²) in [4.78, 5) is 33.4. The van der Waals surface area contributed by atoms with Crippen LogP contribution in [0.5, 0.6) is 5.75 Å². The van der Waals surface area contributed by atoms with Gasteiger partial charge in [0.15, 0.2) is 0 Å². The van der Waals surface area contributed by atoms with Crippen molar-refractivity contribution in [1.82, 2.24) is 14.3 Å². The number of nitrogens with zero attached hydrogens (tertiary/aromatic N) is 3. The summed E-state index contributed by atoms with van der Waals surface area (Å²) in [6, 6.07) is 11.5. The van der Waals surface area contributed by atoms with Crippen LogP contribution in [0.3, 0.4) is 0 Å². The van der Waals surface area contributed by atoms with Crippen LogP contribution in [0.2, 0.25) is 0 Å². The van der Waals surface area contributed by atoms with Crippen molar-refractivity contribution in [3.63, 3.8) is 0 Å². The summed E-state index contributed by atoms with van der Waals surface area (Å²) in [6.07, 6.45) is 3.98. The van der Waals surface area contributed by atoms with Crippen LogP contribution in [0, 0.1) is 12.8 Å². The van der Waals surface area contributed by atoms with E-state index in [0.717, 1.165) is 16.9 Å². The Balaban J connectivity index is 1.64. The van der Waals surface area contributed by atoms with Gasteiger partial charge in [0, 0.05) is 19.3 Å². The van der Waals surface area contributed by atoms with Gasteiger partial charge in [0.25, 0.3) is 11.5 Å². The first kappa shape index (κ1) is 24.9. The molecule has 0 saturated carbocycles. The number of ether oxygens (including phenoxy) is 1. The molecule has 182 valence electrons. The Hall–Kier alpha value is -3.17. The van der Waals surface area contributed by atoms with Gasteiger partial charge in [-0.25, -0.2) is 4.98 Å². The van der Waals surface area contributed by atoms with E-state index in [4.69, 9.17) is 21.9 Å². The van der Waals surface area contributed by atoms with E-state index >= 15 is 0 Å². The van der Waals surface area contributed by atoms with Gasteiger partial charge < -0.3 is 10.1 Å². The molecule has 0 radical (unpaired) electrons. The molecule has 1 fully saturated rings. The zero-order chi connectivity index (χ0) is 25.1. The van der Waals surface area contributed by atoms with Crippen LogP contribution in [0.4, 0.5) is 5.82 Å². The molecule has 0 spiro atoms. The maximum absolute atomic E-state index is 13.4. The number of anilines is 1. The largest absolute Gasteiger partial charge is 0.497 e. The van der Waals surface area contributed by atoms with Crippen molar-refractivity contribution >= 4 is 51.7 Å². The maximum atomic E-state index is 13.4. The fourth-order valence-corrected chi connectivity index (χ4v) is 5.02. The number of fused-ring (bicyclic) bond motifs is 1. The first-order chi connectivity index (χ1) is 16.8. The van der Waals surface area contributed by atoms with Gasteiger partial charge in [-0.2, -0.15) is 0 Å². The van der Waals surface area contributed by atoms with E-state index in [0.29, 0.717) is 51.7 Å². The molecule has 0 atom stereocenters. The Kier molecular flexibility index (Phi) is 7.57. The molecule has 1 saturated heterocycles. The maximum Gasteiger partial charge on any atom is 0.267 e. The highest BCUT2D eigenvalue weighted by Gasteiger charge is 2.32. The molecule has 3 heterocycles. The number of pyridine rings is 1. The number of thioether (sulfide) groups is 1. The van der Waals surface area contributed by atoms with Gasteiger partial charge in [0.2, 0.25) is 0 Å². The number of carbonyl (C=O) groups is 1. The molecule has 1 aliphatic rings. The summed E-state index contributed by atoms with van der Waals surface area (Å²) in [5, 5.41) is 3.29. The normalized spacial score (nSPS) is 15.0. The second-order valence-electron chi connectivity index (χ2n) is 8.77. The molecule has 0 unspecified atom stereocenters. The predicted octanol–water partition coefficient (Wildman–Crippen LogP) is 4.52.